The predicted molar refractivity (Wildman–Crippen MR) is 96.5 cm³/mol. The third-order valence-corrected chi connectivity index (χ3v) is 4.29. The minimum absolute atomic E-state index is 0.0438. The molecule has 134 valence electrons. The highest BCUT2D eigenvalue weighted by Gasteiger charge is 2.21. The fourth-order valence-electron chi connectivity index (χ4n) is 3.05. The Morgan fingerprint density at radius 1 is 0.889 bits per heavy atom. The Balaban J connectivity index is 2.20. The Bertz CT molecular complexity index is 1250. The lowest BCUT2D eigenvalue weighted by molar-refractivity contribution is 0.0697. The van der Waals surface area contributed by atoms with Crippen molar-refractivity contribution in [3.8, 4) is 39.7 Å². The molecule has 0 saturated carbocycles. The van der Waals surface area contributed by atoms with Crippen LogP contribution >= 0.6 is 0 Å². The summed E-state index contributed by atoms with van der Waals surface area (Å²) in [5.41, 5.74) is 0.857. The lowest BCUT2D eigenvalue weighted by Gasteiger charge is -2.16. The van der Waals surface area contributed by atoms with Crippen LogP contribution in [0.2, 0.25) is 0 Å². The molecule has 1 aliphatic heterocycles. The van der Waals surface area contributed by atoms with Gasteiger partial charge in [0.2, 0.25) is 5.43 Å². The second-order valence-electron chi connectivity index (χ2n) is 6.02. The summed E-state index contributed by atoms with van der Waals surface area (Å²) in [5, 5.41) is 39.2. The zero-order chi connectivity index (χ0) is 19.3. The number of carboxylic acids is 1. The number of rotatable bonds is 2. The molecule has 2 aromatic carbocycles. The standard InChI is InChI=1S/C20H12O7/c21-13-5-11-17(7-15(13)23)27-18-8-16(24)14(22)6-12(18)19(11)9-2-1-3-10(4-9)20(25)26/h1-8,21-23H,(H,25,26). The van der Waals surface area contributed by atoms with Crippen molar-refractivity contribution < 1.29 is 29.6 Å². The van der Waals surface area contributed by atoms with Gasteiger partial charge in [-0.15, -0.1) is 0 Å². The molecule has 4 N–H and O–H groups in total. The maximum absolute atomic E-state index is 11.8. The van der Waals surface area contributed by atoms with Crippen LogP contribution in [-0.2, 0) is 0 Å². The summed E-state index contributed by atoms with van der Waals surface area (Å²) < 4.78 is 5.66. The molecule has 0 atom stereocenters. The first kappa shape index (κ1) is 16.5. The summed E-state index contributed by atoms with van der Waals surface area (Å²) in [6.45, 7) is 0. The number of benzene rings is 3. The van der Waals surface area contributed by atoms with Gasteiger partial charge in [-0.3, -0.25) is 4.79 Å². The van der Waals surface area contributed by atoms with Gasteiger partial charge in [-0.2, -0.15) is 0 Å². The highest BCUT2D eigenvalue weighted by molar-refractivity contribution is 6.04. The van der Waals surface area contributed by atoms with Gasteiger partial charge in [-0.05, 0) is 29.8 Å². The van der Waals surface area contributed by atoms with Crippen molar-refractivity contribution in [3.63, 3.8) is 0 Å². The smallest absolute Gasteiger partial charge is 0.335 e. The number of aromatic carboxylic acids is 1. The number of phenolic OH excluding ortho intramolecular Hbond substituents is 3. The third-order valence-electron chi connectivity index (χ3n) is 4.29. The van der Waals surface area contributed by atoms with Gasteiger partial charge in [0.05, 0.1) is 5.56 Å². The van der Waals surface area contributed by atoms with Crippen molar-refractivity contribution in [3.05, 3.63) is 64.3 Å². The second-order valence-corrected chi connectivity index (χ2v) is 6.02. The van der Waals surface area contributed by atoms with Gasteiger partial charge in [0, 0.05) is 28.6 Å². The van der Waals surface area contributed by atoms with Crippen molar-refractivity contribution in [1.82, 2.24) is 0 Å². The Labute approximate surface area is 151 Å². The average Bonchev–Trinajstić information content (AvgIpc) is 2.63. The number of fused-ring (bicyclic) bond motifs is 2. The largest absolute Gasteiger partial charge is 0.504 e. The fourth-order valence-corrected chi connectivity index (χ4v) is 3.05. The zero-order valence-corrected chi connectivity index (χ0v) is 13.6. The van der Waals surface area contributed by atoms with E-state index in [1.54, 1.807) is 12.1 Å². The molecule has 0 aromatic heterocycles. The first-order chi connectivity index (χ1) is 12.8. The van der Waals surface area contributed by atoms with Gasteiger partial charge < -0.3 is 24.8 Å². The van der Waals surface area contributed by atoms with E-state index in [9.17, 15) is 30.0 Å². The average molecular weight is 364 g/mol. The summed E-state index contributed by atoms with van der Waals surface area (Å²) in [6, 6.07) is 10.9. The van der Waals surface area contributed by atoms with E-state index in [2.05, 4.69) is 0 Å². The van der Waals surface area contributed by atoms with E-state index in [1.165, 1.54) is 30.3 Å². The molecule has 0 amide bonds. The Kier molecular flexibility index (Phi) is 3.52. The highest BCUT2D eigenvalue weighted by atomic mass is 16.4. The van der Waals surface area contributed by atoms with Crippen LogP contribution < -0.4 is 5.43 Å². The minimum atomic E-state index is -1.11. The van der Waals surface area contributed by atoms with Crippen molar-refractivity contribution in [2.24, 2.45) is 0 Å². The molecule has 2 aromatic rings. The Morgan fingerprint density at radius 3 is 2.37 bits per heavy atom. The van der Waals surface area contributed by atoms with Gasteiger partial charge in [-0.25, -0.2) is 4.79 Å². The van der Waals surface area contributed by atoms with Gasteiger partial charge >= 0.3 is 5.97 Å². The molecular formula is C20H12O7. The number of hydrogen-bond acceptors (Lipinski definition) is 6. The molecule has 0 bridgehead atoms. The summed E-state index contributed by atoms with van der Waals surface area (Å²) in [4.78, 5) is 23.1. The number of carbonyl (C=O) groups is 1. The highest BCUT2D eigenvalue weighted by Crippen LogP contribution is 2.43. The normalized spacial score (nSPS) is 11.1. The maximum Gasteiger partial charge on any atom is 0.335 e. The van der Waals surface area contributed by atoms with E-state index >= 15 is 0 Å². The van der Waals surface area contributed by atoms with Crippen molar-refractivity contribution in [2.75, 3.05) is 0 Å². The van der Waals surface area contributed by atoms with Crippen LogP contribution in [0.4, 0.5) is 0 Å². The molecule has 4 rings (SSSR count). The molecular weight excluding hydrogens is 352 g/mol. The number of hydrogen-bond donors (Lipinski definition) is 4. The van der Waals surface area contributed by atoms with E-state index in [1.807, 2.05) is 0 Å². The molecule has 2 aliphatic rings. The molecule has 0 saturated heterocycles. The van der Waals surface area contributed by atoms with Gasteiger partial charge in [0.15, 0.2) is 17.2 Å². The topological polar surface area (TPSA) is 128 Å². The lowest BCUT2D eigenvalue weighted by Crippen LogP contribution is -2.02. The van der Waals surface area contributed by atoms with Crippen LogP contribution in [-0.4, -0.2) is 26.4 Å². The van der Waals surface area contributed by atoms with Crippen LogP contribution in [0.15, 0.2) is 57.7 Å². The van der Waals surface area contributed by atoms with E-state index in [4.69, 9.17) is 4.42 Å². The molecule has 0 radical (unpaired) electrons. The lowest BCUT2D eigenvalue weighted by atomic mass is 9.92. The van der Waals surface area contributed by atoms with Crippen LogP contribution in [0, 0.1) is 0 Å². The number of carboxylic acid groups (broad SMARTS) is 1. The maximum atomic E-state index is 11.8. The fraction of sp³-hybridized carbons (Fsp3) is 0. The van der Waals surface area contributed by atoms with E-state index in [0.717, 1.165) is 6.07 Å². The van der Waals surface area contributed by atoms with E-state index < -0.39 is 28.6 Å². The molecule has 7 heteroatoms. The Morgan fingerprint density at radius 2 is 1.63 bits per heavy atom. The van der Waals surface area contributed by atoms with E-state index in [-0.39, 0.29) is 16.9 Å². The molecule has 0 fully saturated rings. The van der Waals surface area contributed by atoms with Crippen molar-refractivity contribution in [1.29, 1.82) is 0 Å². The minimum Gasteiger partial charge on any atom is -0.504 e. The SMILES string of the molecule is O=C(O)c1cccc(-c2c3cc(O)c(=O)cc-3oc3cc(O)c(O)cc23)c1. The van der Waals surface area contributed by atoms with Crippen LogP contribution in [0.3, 0.4) is 0 Å². The van der Waals surface area contributed by atoms with Crippen molar-refractivity contribution in [2.45, 2.75) is 0 Å². The molecule has 7 nitrogen and oxygen atoms in total. The third kappa shape index (κ3) is 2.62. The van der Waals surface area contributed by atoms with Crippen LogP contribution in [0.5, 0.6) is 17.2 Å². The van der Waals surface area contributed by atoms with E-state index in [0.29, 0.717) is 22.1 Å². The number of phenols is 3. The zero-order valence-electron chi connectivity index (χ0n) is 13.6. The van der Waals surface area contributed by atoms with Crippen LogP contribution in [0.1, 0.15) is 10.4 Å². The number of aromatic hydroxyl groups is 3. The molecule has 0 spiro atoms. The molecule has 1 heterocycles. The Hall–Kier alpha value is -4.00. The summed E-state index contributed by atoms with van der Waals surface area (Å²) in [5.74, 6) is -2.26. The molecule has 27 heavy (non-hydrogen) atoms. The van der Waals surface area contributed by atoms with Gasteiger partial charge in [-0.1, -0.05) is 12.1 Å². The molecule has 1 aliphatic carbocycles. The summed E-state index contributed by atoms with van der Waals surface area (Å²) >= 11 is 0. The molecule has 0 unspecified atom stereocenters. The first-order valence-electron chi connectivity index (χ1n) is 7.84. The monoisotopic (exact) mass is 364 g/mol. The summed E-state index contributed by atoms with van der Waals surface area (Å²) in [7, 11) is 0. The van der Waals surface area contributed by atoms with Crippen LogP contribution in [0.25, 0.3) is 33.4 Å². The van der Waals surface area contributed by atoms with Gasteiger partial charge in [0.25, 0.3) is 0 Å². The first-order valence-corrected chi connectivity index (χ1v) is 7.84. The second kappa shape index (κ2) is 5.77. The predicted octanol–water partition coefficient (Wildman–Crippen LogP) is 3.38. The quantitative estimate of drug-likeness (QED) is 0.317. The summed E-state index contributed by atoms with van der Waals surface area (Å²) in [6.07, 6.45) is 0. The van der Waals surface area contributed by atoms with Gasteiger partial charge in [0.1, 0.15) is 11.3 Å². The van der Waals surface area contributed by atoms with Crippen molar-refractivity contribution >= 4 is 16.9 Å².